The van der Waals surface area contributed by atoms with E-state index in [-0.39, 0.29) is 23.1 Å². The van der Waals surface area contributed by atoms with Crippen molar-refractivity contribution < 1.29 is 13.2 Å². The molecule has 1 N–H and O–H groups in total. The van der Waals surface area contributed by atoms with Crippen molar-refractivity contribution in [3.05, 3.63) is 35.4 Å². The predicted octanol–water partition coefficient (Wildman–Crippen LogP) is 3.06. The second-order valence-corrected chi connectivity index (χ2v) is 9.64. The van der Waals surface area contributed by atoms with E-state index in [1.165, 1.54) is 0 Å². The van der Waals surface area contributed by atoms with Crippen molar-refractivity contribution in [2.45, 2.75) is 58.8 Å². The maximum atomic E-state index is 12.2. The van der Waals surface area contributed by atoms with Crippen LogP contribution in [-0.4, -0.2) is 26.1 Å². The van der Waals surface area contributed by atoms with Gasteiger partial charge in [0.15, 0.2) is 9.84 Å². The van der Waals surface area contributed by atoms with E-state index >= 15 is 0 Å². The van der Waals surface area contributed by atoms with Gasteiger partial charge in [0.2, 0.25) is 5.91 Å². The highest BCUT2D eigenvalue weighted by molar-refractivity contribution is 7.91. The summed E-state index contributed by atoms with van der Waals surface area (Å²) in [6.07, 6.45) is 0. The van der Waals surface area contributed by atoms with Crippen LogP contribution < -0.4 is 5.32 Å². The second kappa shape index (κ2) is 7.47. The normalized spacial score (nSPS) is 13.9. The molecule has 0 aromatic heterocycles. The Kier molecular flexibility index (Phi) is 6.40. The first-order valence-electron chi connectivity index (χ1n) is 8.00. The van der Waals surface area contributed by atoms with Crippen molar-refractivity contribution in [2.75, 3.05) is 5.75 Å². The van der Waals surface area contributed by atoms with Crippen LogP contribution >= 0.6 is 0 Å². The molecule has 1 unspecified atom stereocenters. The van der Waals surface area contributed by atoms with Gasteiger partial charge >= 0.3 is 0 Å². The molecule has 0 fully saturated rings. The van der Waals surface area contributed by atoms with E-state index in [0.717, 1.165) is 5.56 Å². The smallest absolute Gasteiger partial charge is 0.235 e. The third-order valence-electron chi connectivity index (χ3n) is 3.95. The summed E-state index contributed by atoms with van der Waals surface area (Å²) in [5.41, 5.74) is 1.90. The summed E-state index contributed by atoms with van der Waals surface area (Å²) in [5, 5.41) is 2.73. The zero-order valence-electron chi connectivity index (χ0n) is 15.0. The first kappa shape index (κ1) is 19.7. The Hall–Kier alpha value is -1.36. The molecule has 0 heterocycles. The van der Waals surface area contributed by atoms with Crippen LogP contribution in [0.25, 0.3) is 0 Å². The lowest BCUT2D eigenvalue weighted by Crippen LogP contribution is -2.39. The van der Waals surface area contributed by atoms with E-state index in [0.29, 0.717) is 5.56 Å². The third-order valence-corrected chi connectivity index (χ3v) is 5.42. The van der Waals surface area contributed by atoms with Gasteiger partial charge in [-0.25, -0.2) is 8.42 Å². The molecule has 4 nitrogen and oxygen atoms in total. The molecule has 0 saturated carbocycles. The summed E-state index contributed by atoms with van der Waals surface area (Å²) in [5.74, 6) is -0.740. The lowest BCUT2D eigenvalue weighted by atomic mass is 9.87. The van der Waals surface area contributed by atoms with Crippen molar-refractivity contribution in [1.82, 2.24) is 5.32 Å². The Morgan fingerprint density at radius 3 is 2.04 bits per heavy atom. The molecular weight excluding hydrogens is 310 g/mol. The van der Waals surface area contributed by atoms with Crippen LogP contribution in [0.5, 0.6) is 0 Å². The highest BCUT2D eigenvalue weighted by Crippen LogP contribution is 2.22. The summed E-state index contributed by atoms with van der Waals surface area (Å²) in [4.78, 5) is 11.9. The molecule has 5 heteroatoms. The number of carbonyl (C=O) groups excluding carboxylic acids is 1. The second-order valence-electron chi connectivity index (χ2n) is 7.58. The quantitative estimate of drug-likeness (QED) is 0.866. The first-order chi connectivity index (χ1) is 10.4. The van der Waals surface area contributed by atoms with Gasteiger partial charge in [0.05, 0.1) is 5.75 Å². The molecule has 0 aliphatic rings. The Morgan fingerprint density at radius 2 is 1.61 bits per heavy atom. The standard InChI is InChI=1S/C18H29NO3S/c1-13(2)14(3)19-17(20)12-23(21,22)11-15-7-9-16(10-8-15)18(4,5)6/h7-10,13-14H,11-12H2,1-6H3,(H,19,20). The van der Waals surface area contributed by atoms with Crippen molar-refractivity contribution in [2.24, 2.45) is 5.92 Å². The number of benzene rings is 1. The van der Waals surface area contributed by atoms with Crippen molar-refractivity contribution in [3.63, 3.8) is 0 Å². The van der Waals surface area contributed by atoms with Gasteiger partial charge in [-0.15, -0.1) is 0 Å². The van der Waals surface area contributed by atoms with Crippen molar-refractivity contribution >= 4 is 15.7 Å². The van der Waals surface area contributed by atoms with Crippen molar-refractivity contribution in [3.8, 4) is 0 Å². The summed E-state index contributed by atoms with van der Waals surface area (Å²) >= 11 is 0. The highest BCUT2D eigenvalue weighted by Gasteiger charge is 2.20. The van der Waals surface area contributed by atoms with E-state index in [2.05, 4.69) is 26.1 Å². The number of hydrogen-bond donors (Lipinski definition) is 1. The summed E-state index contributed by atoms with van der Waals surface area (Å²) in [7, 11) is -3.47. The molecule has 0 bridgehead atoms. The Labute approximate surface area is 140 Å². The molecule has 23 heavy (non-hydrogen) atoms. The lowest BCUT2D eigenvalue weighted by Gasteiger charge is -2.19. The Morgan fingerprint density at radius 1 is 1.09 bits per heavy atom. The fraction of sp³-hybridized carbons (Fsp3) is 0.611. The van der Waals surface area contributed by atoms with E-state index in [4.69, 9.17) is 0 Å². The van der Waals surface area contributed by atoms with Gasteiger partial charge in [0, 0.05) is 6.04 Å². The zero-order chi connectivity index (χ0) is 17.8. The minimum Gasteiger partial charge on any atom is -0.353 e. The first-order valence-corrected chi connectivity index (χ1v) is 9.82. The molecule has 0 spiro atoms. The number of nitrogens with one attached hydrogen (secondary N) is 1. The largest absolute Gasteiger partial charge is 0.353 e. The van der Waals surface area contributed by atoms with Crippen LogP contribution in [0.15, 0.2) is 24.3 Å². The minimum absolute atomic E-state index is 0.0320. The minimum atomic E-state index is -3.47. The Bertz CT molecular complexity index is 625. The van der Waals surface area contributed by atoms with Crippen LogP contribution in [0, 0.1) is 5.92 Å². The number of hydrogen-bond acceptors (Lipinski definition) is 3. The van der Waals surface area contributed by atoms with Gasteiger partial charge in [0.25, 0.3) is 0 Å². The molecule has 1 aromatic rings. The van der Waals surface area contributed by atoms with Gasteiger partial charge in [-0.05, 0) is 29.4 Å². The summed E-state index contributed by atoms with van der Waals surface area (Å²) in [6, 6.07) is 7.51. The predicted molar refractivity (Wildman–Crippen MR) is 95.1 cm³/mol. The van der Waals surface area contributed by atoms with Crippen LogP contribution in [0.4, 0.5) is 0 Å². The summed E-state index contributed by atoms with van der Waals surface area (Å²) in [6.45, 7) is 12.2. The fourth-order valence-corrected chi connectivity index (χ4v) is 3.35. The van der Waals surface area contributed by atoms with Gasteiger partial charge in [0.1, 0.15) is 5.75 Å². The molecule has 1 aromatic carbocycles. The Balaban J connectivity index is 2.70. The van der Waals surface area contributed by atoms with Gasteiger partial charge in [-0.2, -0.15) is 0 Å². The van der Waals surface area contributed by atoms with Gasteiger partial charge in [-0.3, -0.25) is 4.79 Å². The molecule has 0 saturated heterocycles. The highest BCUT2D eigenvalue weighted by atomic mass is 32.2. The average Bonchev–Trinajstić information content (AvgIpc) is 2.36. The van der Waals surface area contributed by atoms with Crippen LogP contribution in [0.1, 0.15) is 52.7 Å². The zero-order valence-corrected chi connectivity index (χ0v) is 15.8. The number of carbonyl (C=O) groups is 1. The summed E-state index contributed by atoms with van der Waals surface area (Å²) < 4.78 is 24.4. The third kappa shape index (κ3) is 6.73. The topological polar surface area (TPSA) is 63.2 Å². The lowest BCUT2D eigenvalue weighted by molar-refractivity contribution is -0.119. The van der Waals surface area contributed by atoms with Crippen molar-refractivity contribution in [1.29, 1.82) is 0 Å². The van der Waals surface area contributed by atoms with Gasteiger partial charge in [-0.1, -0.05) is 58.9 Å². The molecule has 0 radical (unpaired) electrons. The van der Waals surface area contributed by atoms with Crippen LogP contribution in [0.2, 0.25) is 0 Å². The van der Waals surface area contributed by atoms with Crippen LogP contribution in [0.3, 0.4) is 0 Å². The molecule has 1 rings (SSSR count). The van der Waals surface area contributed by atoms with E-state index in [1.807, 2.05) is 45.0 Å². The van der Waals surface area contributed by atoms with Crippen LogP contribution in [-0.2, 0) is 25.8 Å². The van der Waals surface area contributed by atoms with E-state index < -0.39 is 21.5 Å². The molecule has 130 valence electrons. The molecular formula is C18H29NO3S. The van der Waals surface area contributed by atoms with Gasteiger partial charge < -0.3 is 5.32 Å². The molecule has 0 aliphatic heterocycles. The SMILES string of the molecule is CC(C)C(C)NC(=O)CS(=O)(=O)Cc1ccc(C(C)(C)C)cc1. The van der Waals surface area contributed by atoms with E-state index in [1.54, 1.807) is 0 Å². The molecule has 1 amide bonds. The molecule has 1 atom stereocenters. The number of sulfone groups is 1. The maximum Gasteiger partial charge on any atom is 0.235 e. The number of amides is 1. The fourth-order valence-electron chi connectivity index (χ4n) is 2.07. The number of rotatable bonds is 6. The van der Waals surface area contributed by atoms with E-state index in [9.17, 15) is 13.2 Å². The molecule has 0 aliphatic carbocycles. The average molecular weight is 340 g/mol. The monoisotopic (exact) mass is 339 g/mol. The maximum absolute atomic E-state index is 12.2.